The maximum Gasteiger partial charge on any atom is 0.291 e. The molecule has 2 aromatic rings. The number of methoxy groups -OCH3 is 1. The first kappa shape index (κ1) is 19.4. The molecule has 1 aromatic carbocycles. The lowest BCUT2D eigenvalue weighted by molar-refractivity contribution is 0.0942. The predicted octanol–water partition coefficient (Wildman–Crippen LogP) is 1.68. The number of hydrazine groups is 1. The zero-order chi connectivity index (χ0) is 18.9. The molecule has 0 fully saturated rings. The van der Waals surface area contributed by atoms with Crippen molar-refractivity contribution in [3.05, 3.63) is 54.0 Å². The molecule has 1 aromatic heterocycles. The van der Waals surface area contributed by atoms with Gasteiger partial charge in [-0.25, -0.2) is 0 Å². The van der Waals surface area contributed by atoms with E-state index in [4.69, 9.17) is 21.4 Å². The first-order chi connectivity index (χ1) is 12.5. The number of furan rings is 1. The lowest BCUT2D eigenvalue weighted by Gasteiger charge is -2.16. The molecule has 4 N–H and O–H groups in total. The zero-order valence-electron chi connectivity index (χ0n) is 14.4. The van der Waals surface area contributed by atoms with Crippen LogP contribution < -0.4 is 21.5 Å². The van der Waals surface area contributed by atoms with Gasteiger partial charge in [0.2, 0.25) is 0 Å². The van der Waals surface area contributed by atoms with E-state index in [1.807, 2.05) is 6.92 Å². The van der Waals surface area contributed by atoms with Gasteiger partial charge in [-0.15, -0.1) is 0 Å². The maximum absolute atomic E-state index is 12.1. The third kappa shape index (κ3) is 5.87. The molecule has 1 heterocycles. The number of carbonyl (C=O) groups is 2. The maximum atomic E-state index is 12.1. The molecule has 1 atom stereocenters. The van der Waals surface area contributed by atoms with Crippen molar-refractivity contribution in [1.29, 1.82) is 0 Å². The normalized spacial score (nSPS) is 11.3. The predicted molar refractivity (Wildman–Crippen MR) is 101 cm³/mol. The smallest absolute Gasteiger partial charge is 0.291 e. The summed E-state index contributed by atoms with van der Waals surface area (Å²) in [5.41, 5.74) is 6.06. The average Bonchev–Trinajstić information content (AvgIpc) is 3.15. The molecule has 0 aliphatic carbocycles. The van der Waals surface area contributed by atoms with E-state index in [2.05, 4.69) is 21.5 Å². The lowest BCUT2D eigenvalue weighted by atomic mass is 10.2. The van der Waals surface area contributed by atoms with Gasteiger partial charge in [-0.3, -0.25) is 20.4 Å². The fraction of sp³-hybridized carbons (Fsp3) is 0.235. The number of benzene rings is 1. The van der Waals surface area contributed by atoms with Gasteiger partial charge in [0, 0.05) is 24.4 Å². The molecule has 8 nitrogen and oxygen atoms in total. The van der Waals surface area contributed by atoms with E-state index in [0.29, 0.717) is 17.9 Å². The van der Waals surface area contributed by atoms with Crippen molar-refractivity contribution in [2.45, 2.75) is 13.0 Å². The number of hydrogen-bond acceptors (Lipinski definition) is 5. The number of ether oxygens (including phenoxy) is 1. The Bertz CT molecular complexity index is 747. The third-order valence-electron chi connectivity index (χ3n) is 3.23. The van der Waals surface area contributed by atoms with Crippen molar-refractivity contribution in [1.82, 2.24) is 16.2 Å². The Morgan fingerprint density at radius 1 is 1.15 bits per heavy atom. The number of nitrogens with one attached hydrogen (secondary N) is 4. The molecular formula is C17H20N4O4S. The molecule has 138 valence electrons. The summed E-state index contributed by atoms with van der Waals surface area (Å²) in [5, 5.41) is 5.91. The molecular weight excluding hydrogens is 356 g/mol. The van der Waals surface area contributed by atoms with Crippen molar-refractivity contribution < 1.29 is 18.7 Å². The molecule has 0 bridgehead atoms. The van der Waals surface area contributed by atoms with Crippen LogP contribution in [0.5, 0.6) is 0 Å². The molecule has 0 saturated carbocycles. The molecule has 0 radical (unpaired) electrons. The van der Waals surface area contributed by atoms with Crippen molar-refractivity contribution in [2.75, 3.05) is 19.0 Å². The molecule has 0 aliphatic rings. The summed E-state index contributed by atoms with van der Waals surface area (Å²) in [5.74, 6) is -0.521. The summed E-state index contributed by atoms with van der Waals surface area (Å²) in [6, 6.07) is 9.60. The van der Waals surface area contributed by atoms with Crippen LogP contribution in [-0.2, 0) is 4.74 Å². The highest BCUT2D eigenvalue weighted by atomic mass is 32.1. The average molecular weight is 376 g/mol. The topological polar surface area (TPSA) is 105 Å². The SMILES string of the molecule is COC[C@H](C)NC(=S)NNC(=O)c1ccc(NC(=O)c2ccco2)cc1. The van der Waals surface area contributed by atoms with E-state index in [0.717, 1.165) is 0 Å². The third-order valence-corrected chi connectivity index (χ3v) is 3.45. The number of carbonyl (C=O) groups excluding carboxylic acids is 2. The number of anilines is 1. The van der Waals surface area contributed by atoms with Crippen molar-refractivity contribution in [3.63, 3.8) is 0 Å². The van der Waals surface area contributed by atoms with Crippen LogP contribution in [-0.4, -0.2) is 36.7 Å². The summed E-state index contributed by atoms with van der Waals surface area (Å²) in [4.78, 5) is 24.0. The van der Waals surface area contributed by atoms with Crippen LogP contribution in [0.3, 0.4) is 0 Å². The highest BCUT2D eigenvalue weighted by molar-refractivity contribution is 7.80. The van der Waals surface area contributed by atoms with Gasteiger partial charge in [0.25, 0.3) is 11.8 Å². The summed E-state index contributed by atoms with van der Waals surface area (Å²) in [6.45, 7) is 2.38. The highest BCUT2D eigenvalue weighted by Crippen LogP contribution is 2.11. The Labute approximate surface area is 156 Å². The molecule has 2 amide bonds. The van der Waals surface area contributed by atoms with Crippen LogP contribution in [0.1, 0.15) is 27.8 Å². The van der Waals surface area contributed by atoms with Crippen LogP contribution in [0.4, 0.5) is 5.69 Å². The van der Waals surface area contributed by atoms with Gasteiger partial charge in [0.15, 0.2) is 10.9 Å². The Hall–Kier alpha value is -2.91. The number of rotatable bonds is 6. The van der Waals surface area contributed by atoms with Gasteiger partial charge in [0.1, 0.15) is 0 Å². The fourth-order valence-electron chi connectivity index (χ4n) is 2.04. The van der Waals surface area contributed by atoms with E-state index >= 15 is 0 Å². The van der Waals surface area contributed by atoms with Crippen LogP contribution in [0.2, 0.25) is 0 Å². The second kappa shape index (κ2) is 9.54. The van der Waals surface area contributed by atoms with Crippen molar-refractivity contribution >= 4 is 34.8 Å². The van der Waals surface area contributed by atoms with Gasteiger partial charge >= 0.3 is 0 Å². The standard InChI is InChI=1S/C17H20N4O4S/c1-11(10-24-2)18-17(26)21-20-15(22)12-5-7-13(8-6-12)19-16(23)14-4-3-9-25-14/h3-9,11H,10H2,1-2H3,(H,19,23)(H,20,22)(H2,18,21,26)/t11-/m0/s1. The summed E-state index contributed by atoms with van der Waals surface area (Å²) in [7, 11) is 1.59. The van der Waals surface area contributed by atoms with Gasteiger partial charge in [0.05, 0.1) is 12.9 Å². The first-order valence-corrected chi connectivity index (χ1v) is 8.21. The van der Waals surface area contributed by atoms with Crippen molar-refractivity contribution in [3.8, 4) is 0 Å². The van der Waals surface area contributed by atoms with E-state index in [-0.39, 0.29) is 28.7 Å². The van der Waals surface area contributed by atoms with Crippen molar-refractivity contribution in [2.24, 2.45) is 0 Å². The minimum Gasteiger partial charge on any atom is -0.459 e. The van der Waals surface area contributed by atoms with E-state index < -0.39 is 0 Å². The Morgan fingerprint density at radius 2 is 1.88 bits per heavy atom. The summed E-state index contributed by atoms with van der Waals surface area (Å²) in [6.07, 6.45) is 1.42. The summed E-state index contributed by atoms with van der Waals surface area (Å²) >= 11 is 5.07. The number of amides is 2. The van der Waals surface area contributed by atoms with Crippen LogP contribution >= 0.6 is 12.2 Å². The van der Waals surface area contributed by atoms with Crippen LogP contribution in [0.15, 0.2) is 47.1 Å². The Kier molecular flexibility index (Phi) is 7.12. The van der Waals surface area contributed by atoms with Gasteiger partial charge < -0.3 is 19.8 Å². The summed E-state index contributed by atoms with van der Waals surface area (Å²) < 4.78 is 10.0. The minimum atomic E-state index is -0.365. The second-order valence-electron chi connectivity index (χ2n) is 5.42. The lowest BCUT2D eigenvalue weighted by Crippen LogP contribution is -2.49. The minimum absolute atomic E-state index is 0.00830. The van der Waals surface area contributed by atoms with Gasteiger partial charge in [-0.1, -0.05) is 0 Å². The van der Waals surface area contributed by atoms with E-state index in [9.17, 15) is 9.59 Å². The fourth-order valence-corrected chi connectivity index (χ4v) is 2.29. The molecule has 9 heteroatoms. The molecule has 26 heavy (non-hydrogen) atoms. The molecule has 2 rings (SSSR count). The quantitative estimate of drug-likeness (QED) is 0.449. The second-order valence-corrected chi connectivity index (χ2v) is 5.83. The molecule has 0 aliphatic heterocycles. The monoisotopic (exact) mass is 376 g/mol. The van der Waals surface area contributed by atoms with Crippen LogP contribution in [0, 0.1) is 0 Å². The number of thiocarbonyl (C=S) groups is 1. The molecule has 0 saturated heterocycles. The Morgan fingerprint density at radius 3 is 2.50 bits per heavy atom. The largest absolute Gasteiger partial charge is 0.459 e. The van der Waals surface area contributed by atoms with E-state index in [1.54, 1.807) is 43.5 Å². The van der Waals surface area contributed by atoms with Gasteiger partial charge in [-0.2, -0.15) is 0 Å². The highest BCUT2D eigenvalue weighted by Gasteiger charge is 2.10. The van der Waals surface area contributed by atoms with E-state index in [1.165, 1.54) is 6.26 Å². The number of hydrogen-bond donors (Lipinski definition) is 4. The first-order valence-electron chi connectivity index (χ1n) is 7.80. The zero-order valence-corrected chi connectivity index (χ0v) is 15.2. The van der Waals surface area contributed by atoms with Gasteiger partial charge in [-0.05, 0) is 55.5 Å². The molecule has 0 spiro atoms. The molecule has 0 unspecified atom stereocenters. The van der Waals surface area contributed by atoms with Crippen LogP contribution in [0.25, 0.3) is 0 Å². The Balaban J connectivity index is 1.82.